The number of aliphatic hydroxyl groups is 2. The molecule has 0 spiro atoms. The molecule has 1 aromatic carbocycles. The molecule has 1 aliphatic carbocycles. The van der Waals surface area contributed by atoms with Crippen molar-refractivity contribution in [1.29, 1.82) is 0 Å². The third-order valence-corrected chi connectivity index (χ3v) is 10.3. The van der Waals surface area contributed by atoms with Crippen molar-refractivity contribution in [3.05, 3.63) is 35.9 Å². The minimum atomic E-state index is -1.58. The summed E-state index contributed by atoms with van der Waals surface area (Å²) in [5.41, 5.74) is -0.938. The molecule has 9 heteroatoms. The minimum absolute atomic E-state index is 0.0218. The summed E-state index contributed by atoms with van der Waals surface area (Å²) in [7, 11) is 1.60. The first-order chi connectivity index (χ1) is 22.2. The van der Waals surface area contributed by atoms with E-state index < -0.39 is 23.7 Å². The molecular formula is C37H62N2O7. The second kappa shape index (κ2) is 19.7. The highest BCUT2D eigenvalue weighted by Crippen LogP contribution is 2.40. The second-order valence-electron chi connectivity index (χ2n) is 13.8. The summed E-state index contributed by atoms with van der Waals surface area (Å²) in [5.74, 6) is -0.734. The van der Waals surface area contributed by atoms with Crippen molar-refractivity contribution in [3.63, 3.8) is 0 Å². The number of ether oxygens (including phenoxy) is 3. The van der Waals surface area contributed by atoms with E-state index in [1.54, 1.807) is 7.11 Å². The van der Waals surface area contributed by atoms with Gasteiger partial charge in [0.1, 0.15) is 6.79 Å². The maximum atomic E-state index is 15.0. The van der Waals surface area contributed by atoms with Gasteiger partial charge in [0, 0.05) is 33.4 Å². The van der Waals surface area contributed by atoms with E-state index in [0.29, 0.717) is 63.1 Å². The summed E-state index contributed by atoms with van der Waals surface area (Å²) < 4.78 is 17.4. The molecule has 0 bridgehead atoms. The predicted molar refractivity (Wildman–Crippen MR) is 180 cm³/mol. The molecule has 2 aliphatic rings. The van der Waals surface area contributed by atoms with Gasteiger partial charge in [0.05, 0.1) is 24.2 Å². The molecule has 46 heavy (non-hydrogen) atoms. The number of rotatable bonds is 19. The summed E-state index contributed by atoms with van der Waals surface area (Å²) in [6.45, 7) is 9.49. The van der Waals surface area contributed by atoms with Crippen LogP contribution in [0.4, 0.5) is 0 Å². The van der Waals surface area contributed by atoms with Gasteiger partial charge in [-0.25, -0.2) is 0 Å². The van der Waals surface area contributed by atoms with E-state index in [2.05, 4.69) is 5.32 Å². The number of nitrogens with zero attached hydrogens (tertiary/aromatic N) is 1. The maximum Gasteiger partial charge on any atom is 0.258 e. The first-order valence-corrected chi connectivity index (χ1v) is 17.9. The van der Waals surface area contributed by atoms with Gasteiger partial charge in [-0.3, -0.25) is 9.59 Å². The highest BCUT2D eigenvalue weighted by atomic mass is 16.7. The Morgan fingerprint density at radius 3 is 2.28 bits per heavy atom. The van der Waals surface area contributed by atoms with Gasteiger partial charge in [0.2, 0.25) is 5.91 Å². The average molecular weight is 647 g/mol. The normalized spacial score (nSPS) is 20.6. The van der Waals surface area contributed by atoms with Crippen molar-refractivity contribution in [2.45, 2.75) is 122 Å². The largest absolute Gasteiger partial charge is 0.396 e. The van der Waals surface area contributed by atoms with Gasteiger partial charge in [-0.2, -0.15) is 0 Å². The summed E-state index contributed by atoms with van der Waals surface area (Å²) in [6.07, 6.45) is 8.45. The zero-order valence-corrected chi connectivity index (χ0v) is 29.1. The molecule has 0 aromatic heterocycles. The van der Waals surface area contributed by atoms with Crippen LogP contribution in [0, 0.1) is 23.7 Å². The van der Waals surface area contributed by atoms with Crippen molar-refractivity contribution >= 4 is 11.8 Å². The Hall–Kier alpha value is -2.04. The molecule has 0 radical (unpaired) electrons. The molecule has 262 valence electrons. The van der Waals surface area contributed by atoms with E-state index in [1.807, 2.05) is 62.9 Å². The summed E-state index contributed by atoms with van der Waals surface area (Å²) in [5, 5.41) is 25.0. The number of methoxy groups -OCH3 is 1. The lowest BCUT2D eigenvalue weighted by molar-refractivity contribution is -0.172. The zero-order valence-electron chi connectivity index (χ0n) is 29.1. The highest BCUT2D eigenvalue weighted by Gasteiger charge is 2.53. The van der Waals surface area contributed by atoms with Crippen molar-refractivity contribution in [2.24, 2.45) is 23.7 Å². The lowest BCUT2D eigenvalue weighted by Gasteiger charge is -2.43. The molecule has 1 aliphatic heterocycles. The SMILES string of the molecule is CCCC(C(=O)N1CCC(OCOC)CC1)[C@@](OCC)(C(=O)N[C@@H](CC1CCCCC1)[C@@H](O)C[C@H](CO)C(C)C)c1ccccc1. The molecule has 1 heterocycles. The topological polar surface area (TPSA) is 118 Å². The van der Waals surface area contributed by atoms with E-state index in [4.69, 9.17) is 14.2 Å². The Bertz CT molecular complexity index is 1010. The van der Waals surface area contributed by atoms with Crippen LogP contribution in [0.25, 0.3) is 0 Å². The maximum absolute atomic E-state index is 15.0. The molecule has 1 saturated carbocycles. The van der Waals surface area contributed by atoms with Crippen LogP contribution in [-0.4, -0.2) is 85.4 Å². The van der Waals surface area contributed by atoms with Crippen LogP contribution in [0.2, 0.25) is 0 Å². The molecule has 1 saturated heterocycles. The van der Waals surface area contributed by atoms with Crippen LogP contribution < -0.4 is 5.32 Å². The molecule has 9 nitrogen and oxygen atoms in total. The molecular weight excluding hydrogens is 584 g/mol. The van der Waals surface area contributed by atoms with Crippen LogP contribution in [0.3, 0.4) is 0 Å². The first kappa shape index (κ1) is 38.4. The van der Waals surface area contributed by atoms with E-state index in [0.717, 1.165) is 25.7 Å². The Balaban J connectivity index is 2.00. The summed E-state index contributed by atoms with van der Waals surface area (Å²) >= 11 is 0. The number of aliphatic hydroxyl groups excluding tert-OH is 2. The number of likely N-dealkylation sites (tertiary alicyclic amines) is 1. The van der Waals surface area contributed by atoms with Gasteiger partial charge >= 0.3 is 0 Å². The van der Waals surface area contributed by atoms with Crippen LogP contribution >= 0.6 is 0 Å². The van der Waals surface area contributed by atoms with Gasteiger partial charge in [-0.15, -0.1) is 0 Å². The number of carbonyl (C=O) groups excluding carboxylic acids is 2. The minimum Gasteiger partial charge on any atom is -0.396 e. The number of amides is 2. The third kappa shape index (κ3) is 10.2. The van der Waals surface area contributed by atoms with Gasteiger partial charge in [0.25, 0.3) is 5.91 Å². The van der Waals surface area contributed by atoms with Crippen LogP contribution in [0.5, 0.6) is 0 Å². The monoisotopic (exact) mass is 646 g/mol. The Morgan fingerprint density at radius 1 is 1.04 bits per heavy atom. The van der Waals surface area contributed by atoms with Crippen molar-refractivity contribution in [2.75, 3.05) is 40.2 Å². The van der Waals surface area contributed by atoms with Gasteiger partial charge in [-0.05, 0) is 62.3 Å². The summed E-state index contributed by atoms with van der Waals surface area (Å²) in [6, 6.07) is 8.89. The average Bonchev–Trinajstić information content (AvgIpc) is 3.08. The number of carbonyl (C=O) groups is 2. The first-order valence-electron chi connectivity index (χ1n) is 17.9. The molecule has 1 aromatic rings. The molecule has 3 rings (SSSR count). The van der Waals surface area contributed by atoms with Gasteiger partial charge in [-0.1, -0.05) is 89.6 Å². The van der Waals surface area contributed by atoms with Crippen LogP contribution in [0.1, 0.15) is 104 Å². The fraction of sp³-hybridized carbons (Fsp3) is 0.784. The highest BCUT2D eigenvalue weighted by molar-refractivity contribution is 5.94. The number of nitrogens with one attached hydrogen (secondary N) is 1. The number of hydrogen-bond acceptors (Lipinski definition) is 7. The van der Waals surface area contributed by atoms with Crippen molar-refractivity contribution in [3.8, 4) is 0 Å². The zero-order chi connectivity index (χ0) is 33.5. The smallest absolute Gasteiger partial charge is 0.258 e. The van der Waals surface area contributed by atoms with Gasteiger partial charge < -0.3 is 34.6 Å². The fourth-order valence-electron chi connectivity index (χ4n) is 7.47. The fourth-order valence-corrected chi connectivity index (χ4v) is 7.47. The van der Waals surface area contributed by atoms with E-state index >= 15 is 0 Å². The Labute approximate surface area is 277 Å². The number of piperidine rings is 1. The summed E-state index contributed by atoms with van der Waals surface area (Å²) in [4.78, 5) is 31.4. The third-order valence-electron chi connectivity index (χ3n) is 10.3. The van der Waals surface area contributed by atoms with Crippen LogP contribution in [-0.2, 0) is 29.4 Å². The standard InChI is InChI=1S/C37H62N2O7/c1-6-14-32(35(42)39-21-19-31(20-22-39)45-26-44-5)37(46-7-2,30-17-12-9-13-18-30)36(43)38-33(23-28-15-10-8-11-16-28)34(41)24-29(25-40)27(3)4/h9,12-13,17-18,27-29,31-34,40-41H,6-8,10-11,14-16,19-26H2,1-5H3,(H,38,43)/t29-,32?,33+,34+,37-/m1/s1. The molecule has 1 unspecified atom stereocenters. The lowest BCUT2D eigenvalue weighted by Crippen LogP contribution is -2.60. The van der Waals surface area contributed by atoms with Crippen molar-refractivity contribution in [1.82, 2.24) is 10.2 Å². The van der Waals surface area contributed by atoms with E-state index in [-0.39, 0.29) is 49.8 Å². The van der Waals surface area contributed by atoms with Crippen molar-refractivity contribution < 1.29 is 34.0 Å². The van der Waals surface area contributed by atoms with Crippen LogP contribution in [0.15, 0.2) is 30.3 Å². The second-order valence-corrected chi connectivity index (χ2v) is 13.8. The number of benzene rings is 1. The number of hydrogen-bond donors (Lipinski definition) is 3. The van der Waals surface area contributed by atoms with E-state index in [9.17, 15) is 19.8 Å². The molecule has 5 atom stereocenters. The Kier molecular flexibility index (Phi) is 16.5. The molecule has 3 N–H and O–H groups in total. The molecule has 2 fully saturated rings. The quantitative estimate of drug-likeness (QED) is 0.172. The van der Waals surface area contributed by atoms with E-state index in [1.165, 1.54) is 6.42 Å². The lowest BCUT2D eigenvalue weighted by atomic mass is 9.75. The van der Waals surface area contributed by atoms with Gasteiger partial charge in [0.15, 0.2) is 5.60 Å². The predicted octanol–water partition coefficient (Wildman–Crippen LogP) is 5.42. The molecule has 2 amide bonds. The Morgan fingerprint density at radius 2 is 1.72 bits per heavy atom.